The molecule has 16 heavy (non-hydrogen) atoms. The molecule has 5 nitrogen and oxygen atoms in total. The largest absolute Gasteiger partial charge is 0.328 e. The van der Waals surface area contributed by atoms with Gasteiger partial charge in [-0.25, -0.2) is 4.79 Å². The number of nitrogens with one attached hydrogen (secondary N) is 2. The quantitative estimate of drug-likeness (QED) is 0.753. The molecule has 2 N–H and O–H groups in total. The molecule has 0 aromatic carbocycles. The number of aromatic amines is 1. The second kappa shape index (κ2) is 5.12. The topological polar surface area (TPSA) is 66.9 Å². The van der Waals surface area contributed by atoms with E-state index in [4.69, 9.17) is 0 Å². The number of aromatic nitrogens is 2. The first-order valence-corrected chi connectivity index (χ1v) is 5.76. The molecule has 1 saturated heterocycles. The van der Waals surface area contributed by atoms with E-state index in [1.54, 1.807) is 10.8 Å². The zero-order valence-electron chi connectivity index (χ0n) is 9.24. The highest BCUT2D eigenvalue weighted by molar-refractivity contribution is 4.82. The maximum atomic E-state index is 11.4. The van der Waals surface area contributed by atoms with E-state index in [2.05, 4.69) is 10.3 Å². The van der Waals surface area contributed by atoms with Crippen molar-refractivity contribution in [2.75, 3.05) is 13.1 Å². The van der Waals surface area contributed by atoms with Gasteiger partial charge in [-0.2, -0.15) is 0 Å². The summed E-state index contributed by atoms with van der Waals surface area (Å²) in [6.07, 6.45) is 4.99. The van der Waals surface area contributed by atoms with Gasteiger partial charge in [0.05, 0.1) is 0 Å². The van der Waals surface area contributed by atoms with E-state index in [9.17, 15) is 9.59 Å². The first kappa shape index (κ1) is 11.1. The molecule has 1 atom stereocenters. The third-order valence-corrected chi connectivity index (χ3v) is 3.07. The van der Waals surface area contributed by atoms with Crippen LogP contribution in [0.2, 0.25) is 0 Å². The van der Waals surface area contributed by atoms with Crippen LogP contribution in [0.5, 0.6) is 0 Å². The SMILES string of the molecule is O=c1ccn(CCC2CCCNC2)c(=O)[nH]1. The van der Waals surface area contributed by atoms with Gasteiger partial charge in [0.15, 0.2) is 0 Å². The maximum Gasteiger partial charge on any atom is 0.328 e. The normalized spacial score (nSPS) is 20.9. The van der Waals surface area contributed by atoms with E-state index in [0.717, 1.165) is 19.5 Å². The molecule has 1 aliphatic heterocycles. The summed E-state index contributed by atoms with van der Waals surface area (Å²) < 4.78 is 1.57. The zero-order valence-corrected chi connectivity index (χ0v) is 9.24. The van der Waals surface area contributed by atoms with Crippen LogP contribution in [-0.2, 0) is 6.54 Å². The highest BCUT2D eigenvalue weighted by Crippen LogP contribution is 2.14. The number of hydrogen-bond acceptors (Lipinski definition) is 3. The lowest BCUT2D eigenvalue weighted by atomic mass is 9.96. The van der Waals surface area contributed by atoms with Crippen molar-refractivity contribution in [3.05, 3.63) is 33.1 Å². The van der Waals surface area contributed by atoms with Gasteiger partial charge in [0.1, 0.15) is 0 Å². The van der Waals surface area contributed by atoms with Gasteiger partial charge in [-0.05, 0) is 38.3 Å². The van der Waals surface area contributed by atoms with Gasteiger partial charge in [-0.15, -0.1) is 0 Å². The molecule has 1 aliphatic rings. The van der Waals surface area contributed by atoms with Crippen LogP contribution in [0.1, 0.15) is 19.3 Å². The summed E-state index contributed by atoms with van der Waals surface area (Å²) in [5, 5.41) is 3.35. The smallest absolute Gasteiger partial charge is 0.316 e. The van der Waals surface area contributed by atoms with Crippen LogP contribution in [0, 0.1) is 5.92 Å². The summed E-state index contributed by atoms with van der Waals surface area (Å²) in [6.45, 7) is 2.83. The van der Waals surface area contributed by atoms with Crippen LogP contribution in [0.4, 0.5) is 0 Å². The Morgan fingerprint density at radius 2 is 2.31 bits per heavy atom. The van der Waals surface area contributed by atoms with Crippen LogP contribution in [0.3, 0.4) is 0 Å². The molecular weight excluding hydrogens is 206 g/mol. The molecule has 2 rings (SSSR count). The minimum Gasteiger partial charge on any atom is -0.316 e. The molecule has 1 fully saturated rings. The molecule has 2 heterocycles. The summed E-state index contributed by atoms with van der Waals surface area (Å²) in [4.78, 5) is 24.5. The minimum absolute atomic E-state index is 0.309. The molecule has 0 radical (unpaired) electrons. The van der Waals surface area contributed by atoms with Crippen molar-refractivity contribution >= 4 is 0 Å². The number of aryl methyl sites for hydroxylation is 1. The van der Waals surface area contributed by atoms with Gasteiger partial charge in [0.2, 0.25) is 0 Å². The second-order valence-electron chi connectivity index (χ2n) is 4.30. The average Bonchev–Trinajstić information content (AvgIpc) is 2.29. The number of rotatable bonds is 3. The third-order valence-electron chi connectivity index (χ3n) is 3.07. The van der Waals surface area contributed by atoms with E-state index in [1.165, 1.54) is 18.9 Å². The molecule has 0 saturated carbocycles. The van der Waals surface area contributed by atoms with Crippen LogP contribution >= 0.6 is 0 Å². The first-order valence-electron chi connectivity index (χ1n) is 5.76. The highest BCUT2D eigenvalue weighted by atomic mass is 16.2. The fraction of sp³-hybridized carbons (Fsp3) is 0.636. The molecule has 0 spiro atoms. The number of hydrogen-bond donors (Lipinski definition) is 2. The van der Waals surface area contributed by atoms with Gasteiger partial charge < -0.3 is 9.88 Å². The number of nitrogens with zero attached hydrogens (tertiary/aromatic N) is 1. The fourth-order valence-electron chi connectivity index (χ4n) is 2.11. The lowest BCUT2D eigenvalue weighted by Gasteiger charge is -2.22. The Kier molecular flexibility index (Phi) is 3.56. The van der Waals surface area contributed by atoms with Gasteiger partial charge in [0, 0.05) is 18.8 Å². The van der Waals surface area contributed by atoms with Crippen LogP contribution in [0.15, 0.2) is 21.9 Å². The van der Waals surface area contributed by atoms with Crippen molar-refractivity contribution in [2.45, 2.75) is 25.8 Å². The Bertz CT molecular complexity index is 443. The van der Waals surface area contributed by atoms with Gasteiger partial charge in [0.25, 0.3) is 5.56 Å². The fourth-order valence-corrected chi connectivity index (χ4v) is 2.11. The average molecular weight is 223 g/mol. The summed E-state index contributed by atoms with van der Waals surface area (Å²) in [7, 11) is 0. The predicted octanol–water partition coefficient (Wildman–Crippen LogP) is -0.0737. The number of H-pyrrole nitrogens is 1. The van der Waals surface area contributed by atoms with E-state index in [-0.39, 0.29) is 11.2 Å². The zero-order chi connectivity index (χ0) is 11.4. The lowest BCUT2D eigenvalue weighted by molar-refractivity contribution is 0.339. The Balaban J connectivity index is 1.93. The maximum absolute atomic E-state index is 11.4. The van der Waals surface area contributed by atoms with E-state index >= 15 is 0 Å². The summed E-state index contributed by atoms with van der Waals surface area (Å²) in [5.41, 5.74) is -0.642. The van der Waals surface area contributed by atoms with Crippen molar-refractivity contribution in [1.29, 1.82) is 0 Å². The first-order chi connectivity index (χ1) is 7.75. The van der Waals surface area contributed by atoms with Crippen molar-refractivity contribution in [3.63, 3.8) is 0 Å². The molecule has 0 aliphatic carbocycles. The summed E-state index contributed by atoms with van der Waals surface area (Å²) in [6, 6.07) is 1.39. The van der Waals surface area contributed by atoms with Crippen molar-refractivity contribution in [1.82, 2.24) is 14.9 Å². The van der Waals surface area contributed by atoms with E-state index in [1.807, 2.05) is 0 Å². The predicted molar refractivity (Wildman–Crippen MR) is 61.5 cm³/mol. The van der Waals surface area contributed by atoms with Crippen molar-refractivity contribution in [2.24, 2.45) is 5.92 Å². The van der Waals surface area contributed by atoms with Gasteiger partial charge >= 0.3 is 5.69 Å². The molecule has 5 heteroatoms. The Labute approximate surface area is 93.5 Å². The van der Waals surface area contributed by atoms with E-state index < -0.39 is 0 Å². The number of piperidine rings is 1. The van der Waals surface area contributed by atoms with Crippen LogP contribution in [0.25, 0.3) is 0 Å². The third kappa shape index (κ3) is 2.82. The second-order valence-corrected chi connectivity index (χ2v) is 4.30. The molecule has 88 valence electrons. The van der Waals surface area contributed by atoms with Crippen LogP contribution < -0.4 is 16.6 Å². The summed E-state index contributed by atoms with van der Waals surface area (Å²) >= 11 is 0. The highest BCUT2D eigenvalue weighted by Gasteiger charge is 2.12. The molecule has 1 unspecified atom stereocenters. The molecule has 1 aromatic heterocycles. The van der Waals surface area contributed by atoms with Gasteiger partial charge in [-0.3, -0.25) is 9.78 Å². The van der Waals surface area contributed by atoms with Crippen LogP contribution in [-0.4, -0.2) is 22.6 Å². The monoisotopic (exact) mass is 223 g/mol. The summed E-state index contributed by atoms with van der Waals surface area (Å²) in [5.74, 6) is 0.646. The van der Waals surface area contributed by atoms with E-state index in [0.29, 0.717) is 12.5 Å². The lowest BCUT2D eigenvalue weighted by Crippen LogP contribution is -2.33. The van der Waals surface area contributed by atoms with Crippen molar-refractivity contribution in [3.8, 4) is 0 Å². The standard InChI is InChI=1S/C11H17N3O2/c15-10-4-7-14(11(16)13-10)6-3-9-2-1-5-12-8-9/h4,7,9,12H,1-3,5-6,8H2,(H,13,15,16). The Morgan fingerprint density at radius 1 is 1.44 bits per heavy atom. The molecule has 0 amide bonds. The molecule has 1 aromatic rings. The van der Waals surface area contributed by atoms with Gasteiger partial charge in [-0.1, -0.05) is 0 Å². The molecule has 0 bridgehead atoms. The Morgan fingerprint density at radius 3 is 3.00 bits per heavy atom. The Hall–Kier alpha value is -1.36. The van der Waals surface area contributed by atoms with Crippen molar-refractivity contribution < 1.29 is 0 Å². The minimum atomic E-state index is -0.333. The molecular formula is C11H17N3O2.